The van der Waals surface area contributed by atoms with Gasteiger partial charge in [0.15, 0.2) is 0 Å². The third-order valence-corrected chi connectivity index (χ3v) is 3.55. The van der Waals surface area contributed by atoms with Gasteiger partial charge in [-0.1, -0.05) is 35.3 Å². The van der Waals surface area contributed by atoms with E-state index in [0.717, 1.165) is 16.8 Å². The van der Waals surface area contributed by atoms with Gasteiger partial charge in [0.1, 0.15) is 0 Å². The number of rotatable bonds is 3. The molecule has 0 saturated carbocycles. The molecular weight excluding hydrogens is 281 g/mol. The van der Waals surface area contributed by atoms with Gasteiger partial charge in [-0.15, -0.1) is 0 Å². The highest BCUT2D eigenvalue weighted by atomic mass is 35.5. The number of nitrogens with one attached hydrogen (secondary N) is 1. The topological polar surface area (TPSA) is 29.3 Å². The summed E-state index contributed by atoms with van der Waals surface area (Å²) in [6.07, 6.45) is 3.76. The largest absolute Gasteiger partial charge is 0.378 e. The van der Waals surface area contributed by atoms with Gasteiger partial charge in [0.25, 0.3) is 0 Å². The van der Waals surface area contributed by atoms with Gasteiger partial charge in [-0.05, 0) is 24.3 Å². The van der Waals surface area contributed by atoms with Crippen LogP contribution in [0.25, 0.3) is 5.52 Å². The molecule has 0 aliphatic carbocycles. The molecule has 1 aromatic carbocycles. The number of hydrogen-bond acceptors (Lipinski definition) is 2. The quantitative estimate of drug-likeness (QED) is 0.781. The van der Waals surface area contributed by atoms with E-state index in [1.807, 2.05) is 53.3 Å². The van der Waals surface area contributed by atoms with Gasteiger partial charge in [0.2, 0.25) is 0 Å². The monoisotopic (exact) mass is 291 g/mol. The van der Waals surface area contributed by atoms with Crippen molar-refractivity contribution < 1.29 is 0 Å². The summed E-state index contributed by atoms with van der Waals surface area (Å²) in [5.41, 5.74) is 2.91. The lowest BCUT2D eigenvalue weighted by atomic mass is 10.2. The van der Waals surface area contributed by atoms with E-state index in [9.17, 15) is 0 Å². The predicted octanol–water partition coefficient (Wildman–Crippen LogP) is 4.25. The third kappa shape index (κ3) is 2.39. The number of para-hydroxylation sites is 1. The molecule has 1 N–H and O–H groups in total. The summed E-state index contributed by atoms with van der Waals surface area (Å²) < 4.78 is 1.84. The number of fused-ring (bicyclic) bond motifs is 1. The Labute approximate surface area is 120 Å². The highest BCUT2D eigenvalue weighted by molar-refractivity contribution is 6.39. The number of pyridine rings is 1. The average Bonchev–Trinajstić information content (AvgIpc) is 2.82. The predicted molar refractivity (Wildman–Crippen MR) is 79.0 cm³/mol. The molecule has 0 amide bonds. The first-order chi connectivity index (χ1) is 9.25. The first-order valence-corrected chi connectivity index (χ1v) is 6.60. The molecule has 0 aliphatic rings. The van der Waals surface area contributed by atoms with Crippen LogP contribution in [0, 0.1) is 0 Å². The van der Waals surface area contributed by atoms with E-state index in [0.29, 0.717) is 16.6 Å². The van der Waals surface area contributed by atoms with Crippen molar-refractivity contribution in [2.24, 2.45) is 0 Å². The maximum atomic E-state index is 6.12. The lowest BCUT2D eigenvalue weighted by Crippen LogP contribution is -2.00. The summed E-state index contributed by atoms with van der Waals surface area (Å²) in [7, 11) is 0. The number of halogens is 2. The molecule has 0 aliphatic heterocycles. The van der Waals surface area contributed by atoms with Crippen LogP contribution in [-0.2, 0) is 6.54 Å². The molecule has 0 unspecified atom stereocenters. The summed E-state index contributed by atoms with van der Waals surface area (Å²) in [4.78, 5) is 0. The van der Waals surface area contributed by atoms with Crippen molar-refractivity contribution in [2.45, 2.75) is 6.54 Å². The standard InChI is InChI=1S/C14H11Cl2N3/c15-11-4-3-5-12(16)14(11)17-8-10-9-18-19-7-2-1-6-13(10)19/h1-7,9,17H,8H2. The van der Waals surface area contributed by atoms with Crippen molar-refractivity contribution >= 4 is 34.4 Å². The van der Waals surface area contributed by atoms with E-state index in [-0.39, 0.29) is 0 Å². The molecule has 19 heavy (non-hydrogen) atoms. The Kier molecular flexibility index (Phi) is 3.32. The second-order valence-electron chi connectivity index (χ2n) is 4.15. The molecule has 2 heterocycles. The lowest BCUT2D eigenvalue weighted by molar-refractivity contribution is 0.961. The summed E-state index contributed by atoms with van der Waals surface area (Å²) in [6, 6.07) is 11.4. The number of hydrogen-bond donors (Lipinski definition) is 1. The summed E-state index contributed by atoms with van der Waals surface area (Å²) in [5, 5.41) is 8.77. The molecule has 0 saturated heterocycles. The summed E-state index contributed by atoms with van der Waals surface area (Å²) in [6.45, 7) is 0.622. The minimum atomic E-state index is 0.615. The second kappa shape index (κ2) is 5.11. The van der Waals surface area contributed by atoms with Crippen LogP contribution < -0.4 is 5.32 Å². The Morgan fingerprint density at radius 1 is 1.05 bits per heavy atom. The van der Waals surface area contributed by atoms with Crippen LogP contribution in [0.5, 0.6) is 0 Å². The van der Waals surface area contributed by atoms with E-state index in [1.165, 1.54) is 0 Å². The van der Waals surface area contributed by atoms with Gasteiger partial charge in [0, 0.05) is 18.3 Å². The van der Waals surface area contributed by atoms with Crippen LogP contribution in [0.4, 0.5) is 5.69 Å². The third-order valence-electron chi connectivity index (χ3n) is 2.92. The zero-order valence-corrected chi connectivity index (χ0v) is 11.5. The molecule has 96 valence electrons. The van der Waals surface area contributed by atoms with E-state index in [2.05, 4.69) is 10.4 Å². The zero-order chi connectivity index (χ0) is 13.2. The van der Waals surface area contributed by atoms with Crippen molar-refractivity contribution in [2.75, 3.05) is 5.32 Å². The van der Waals surface area contributed by atoms with E-state index < -0.39 is 0 Å². The van der Waals surface area contributed by atoms with Gasteiger partial charge >= 0.3 is 0 Å². The van der Waals surface area contributed by atoms with Crippen molar-refractivity contribution in [1.82, 2.24) is 9.61 Å². The Bertz CT molecular complexity index is 701. The fourth-order valence-corrected chi connectivity index (χ4v) is 2.51. The smallest absolute Gasteiger partial charge is 0.0721 e. The van der Waals surface area contributed by atoms with Crippen molar-refractivity contribution in [1.29, 1.82) is 0 Å². The highest BCUT2D eigenvalue weighted by Gasteiger charge is 2.07. The number of anilines is 1. The number of aromatic nitrogens is 2. The molecule has 3 nitrogen and oxygen atoms in total. The van der Waals surface area contributed by atoms with Gasteiger partial charge in [0.05, 0.1) is 27.4 Å². The molecule has 5 heteroatoms. The average molecular weight is 292 g/mol. The van der Waals surface area contributed by atoms with Crippen LogP contribution in [-0.4, -0.2) is 9.61 Å². The first kappa shape index (κ1) is 12.3. The Morgan fingerprint density at radius 2 is 1.84 bits per heavy atom. The number of benzene rings is 1. The molecule has 0 radical (unpaired) electrons. The minimum Gasteiger partial charge on any atom is -0.378 e. The molecule has 0 atom stereocenters. The second-order valence-corrected chi connectivity index (χ2v) is 4.96. The van der Waals surface area contributed by atoms with Gasteiger partial charge in [-0.25, -0.2) is 4.52 Å². The zero-order valence-electron chi connectivity index (χ0n) is 9.98. The van der Waals surface area contributed by atoms with Gasteiger partial charge < -0.3 is 5.32 Å². The summed E-state index contributed by atoms with van der Waals surface area (Å²) in [5.74, 6) is 0. The Hall–Kier alpha value is -1.71. The molecule has 0 bridgehead atoms. The molecule has 0 spiro atoms. The van der Waals surface area contributed by atoms with Crippen LogP contribution >= 0.6 is 23.2 Å². The fourth-order valence-electron chi connectivity index (χ4n) is 1.97. The van der Waals surface area contributed by atoms with Crippen molar-refractivity contribution in [3.05, 3.63) is 64.4 Å². The first-order valence-electron chi connectivity index (χ1n) is 5.85. The highest BCUT2D eigenvalue weighted by Crippen LogP contribution is 2.30. The van der Waals surface area contributed by atoms with Crippen LogP contribution in [0.15, 0.2) is 48.8 Å². The van der Waals surface area contributed by atoms with Crippen LogP contribution in [0.3, 0.4) is 0 Å². The van der Waals surface area contributed by atoms with Crippen LogP contribution in [0.2, 0.25) is 10.0 Å². The minimum absolute atomic E-state index is 0.615. The van der Waals surface area contributed by atoms with Gasteiger partial charge in [-0.3, -0.25) is 0 Å². The molecule has 3 aromatic rings. The molecule has 3 rings (SSSR count). The molecule has 0 fully saturated rings. The number of nitrogens with zero attached hydrogens (tertiary/aromatic N) is 2. The Balaban J connectivity index is 1.87. The van der Waals surface area contributed by atoms with Crippen molar-refractivity contribution in [3.63, 3.8) is 0 Å². The fraction of sp³-hybridized carbons (Fsp3) is 0.0714. The van der Waals surface area contributed by atoms with E-state index in [1.54, 1.807) is 0 Å². The SMILES string of the molecule is Clc1cccc(Cl)c1NCc1cnn2ccccc12. The van der Waals surface area contributed by atoms with Crippen molar-refractivity contribution in [3.8, 4) is 0 Å². The van der Waals surface area contributed by atoms with E-state index >= 15 is 0 Å². The van der Waals surface area contributed by atoms with Crippen LogP contribution in [0.1, 0.15) is 5.56 Å². The van der Waals surface area contributed by atoms with E-state index in [4.69, 9.17) is 23.2 Å². The summed E-state index contributed by atoms with van der Waals surface area (Å²) >= 11 is 12.2. The van der Waals surface area contributed by atoms with Gasteiger partial charge in [-0.2, -0.15) is 5.10 Å². The molecule has 2 aromatic heterocycles. The maximum Gasteiger partial charge on any atom is 0.0721 e. The maximum absolute atomic E-state index is 6.12. The Morgan fingerprint density at radius 3 is 2.63 bits per heavy atom. The molecular formula is C14H11Cl2N3. The lowest BCUT2D eigenvalue weighted by Gasteiger charge is -2.09. The normalized spacial score (nSPS) is 10.8.